The summed E-state index contributed by atoms with van der Waals surface area (Å²) < 4.78 is 0. The smallest absolute Gasteiger partial charge is 0.355 e. The average molecular weight is 312 g/mol. The van der Waals surface area contributed by atoms with Crippen LogP contribution in [0.5, 0.6) is 0 Å². The van der Waals surface area contributed by atoms with Crippen LogP contribution >= 0.6 is 0 Å². The van der Waals surface area contributed by atoms with E-state index in [1.54, 1.807) is 0 Å². The third kappa shape index (κ3) is 2.44. The molecule has 0 saturated carbocycles. The molecule has 3 aromatic rings. The quantitative estimate of drug-likeness (QED) is 0.428. The van der Waals surface area contributed by atoms with Crippen molar-refractivity contribution in [3.63, 3.8) is 0 Å². The summed E-state index contributed by atoms with van der Waals surface area (Å²) in [5.41, 5.74) is 7.86. The van der Waals surface area contributed by atoms with Gasteiger partial charge in [-0.15, -0.1) is 0 Å². The lowest BCUT2D eigenvalue weighted by atomic mass is 10.3. The minimum absolute atomic E-state index is 0. The van der Waals surface area contributed by atoms with E-state index in [2.05, 4.69) is 44.2 Å². The molecule has 5 rings (SSSR count). The molecule has 2 aliphatic rings. The zero-order valence-corrected chi connectivity index (χ0v) is 12.8. The Kier molecular flexibility index (Phi) is 2.76. The van der Waals surface area contributed by atoms with Crippen LogP contribution in [0, 0.1) is 0 Å². The third-order valence-electron chi connectivity index (χ3n) is 4.04. The van der Waals surface area contributed by atoms with E-state index in [-0.39, 0.29) is 2.85 Å². The van der Waals surface area contributed by atoms with E-state index in [4.69, 9.17) is 0 Å². The topological polar surface area (TPSA) is 57.4 Å². The second-order valence-electron chi connectivity index (χ2n) is 5.91. The van der Waals surface area contributed by atoms with Gasteiger partial charge in [0.1, 0.15) is 0 Å². The van der Waals surface area contributed by atoms with Gasteiger partial charge in [-0.3, -0.25) is 0 Å². The molecule has 0 radical (unpaired) electrons. The second-order valence-corrected chi connectivity index (χ2v) is 5.91. The summed E-state index contributed by atoms with van der Waals surface area (Å²) in [5.74, 6) is 0. The van der Waals surface area contributed by atoms with Crippen LogP contribution in [0.15, 0.2) is 48.5 Å². The van der Waals surface area contributed by atoms with Crippen LogP contribution < -0.4 is 0 Å². The highest BCUT2D eigenvalue weighted by atomic mass is 14.8. The molecule has 5 heterocycles. The monoisotopic (exact) mass is 312 g/mol. The molecule has 0 amide bonds. The molecule has 2 aliphatic heterocycles. The second kappa shape index (κ2) is 5.06. The third-order valence-corrected chi connectivity index (χ3v) is 4.04. The Hall–Kier alpha value is -3.40. The van der Waals surface area contributed by atoms with Gasteiger partial charge in [0.05, 0.1) is 22.8 Å². The molecule has 0 aromatic carbocycles. The maximum Gasteiger partial charge on any atom is 1.00 e. The van der Waals surface area contributed by atoms with Crippen LogP contribution in [0.3, 0.4) is 0 Å². The van der Waals surface area contributed by atoms with Crippen LogP contribution in [-0.2, 0) is 0 Å². The lowest BCUT2D eigenvalue weighted by molar-refractivity contribution is 1.31. The van der Waals surface area contributed by atoms with E-state index in [1.807, 2.05) is 48.6 Å². The lowest BCUT2D eigenvalue weighted by Gasteiger charge is -1.85. The Bertz CT molecular complexity index is 994. The van der Waals surface area contributed by atoms with Crippen molar-refractivity contribution in [3.8, 4) is 0 Å². The van der Waals surface area contributed by atoms with Crippen LogP contribution in [0.25, 0.3) is 46.4 Å². The van der Waals surface area contributed by atoms with Gasteiger partial charge in [-0.05, 0) is 72.8 Å². The summed E-state index contributed by atoms with van der Waals surface area (Å²) in [6.07, 6.45) is 8.09. The summed E-state index contributed by atoms with van der Waals surface area (Å²) in [4.78, 5) is 16.0. The van der Waals surface area contributed by atoms with Gasteiger partial charge in [0.15, 0.2) is 0 Å². The highest BCUT2D eigenvalue weighted by molar-refractivity contribution is 5.77. The van der Waals surface area contributed by atoms with Crippen molar-refractivity contribution in [2.75, 3.05) is 0 Å². The predicted octanol–water partition coefficient (Wildman–Crippen LogP) is 4.88. The van der Waals surface area contributed by atoms with E-state index in [1.165, 1.54) is 0 Å². The van der Waals surface area contributed by atoms with Crippen molar-refractivity contribution in [3.05, 3.63) is 71.3 Å². The number of aromatic amines is 2. The van der Waals surface area contributed by atoms with E-state index in [9.17, 15) is 0 Å². The number of hydrogen-bond donors (Lipinski definition) is 2. The maximum absolute atomic E-state index is 4.63. The standard InChI is InChI=1S/C20H14N4/c1-2-14-10-16-5-6-18(23-16)12-20-8-7-19(24-20)11-17-4-3-15(22-17)9-13(1)21-14/h1-12,21,24H/p+2. The Balaban J connectivity index is 0.000000980. The molecule has 8 bridgehead atoms. The van der Waals surface area contributed by atoms with Crippen molar-refractivity contribution in [1.82, 2.24) is 19.9 Å². The molecule has 0 unspecified atom stereocenters. The average Bonchev–Trinajstić information content (AvgIpc) is 3.32. The van der Waals surface area contributed by atoms with E-state index < -0.39 is 0 Å². The number of H-pyrrole nitrogens is 2. The first kappa shape index (κ1) is 13.1. The molecule has 114 valence electrons. The summed E-state index contributed by atoms with van der Waals surface area (Å²) >= 11 is 0. The molecule has 4 heteroatoms. The summed E-state index contributed by atoms with van der Waals surface area (Å²) in [7, 11) is 0. The largest absolute Gasteiger partial charge is 1.00 e. The van der Waals surface area contributed by atoms with Gasteiger partial charge in [0.25, 0.3) is 0 Å². The van der Waals surface area contributed by atoms with Crippen LogP contribution in [0.1, 0.15) is 25.6 Å². The van der Waals surface area contributed by atoms with Crippen molar-refractivity contribution in [2.24, 2.45) is 0 Å². The fraction of sp³-hybridized carbons (Fsp3) is 0. The number of rotatable bonds is 0. The minimum Gasteiger partial charge on any atom is -0.355 e. The normalized spacial score (nSPS) is 12.7. The molecule has 2 N–H and O–H groups in total. The van der Waals surface area contributed by atoms with Gasteiger partial charge in [0.2, 0.25) is 0 Å². The number of hydrogen-bond acceptors (Lipinski definition) is 2. The van der Waals surface area contributed by atoms with Gasteiger partial charge < -0.3 is 9.97 Å². The maximum atomic E-state index is 4.63. The Morgan fingerprint density at radius 3 is 1.08 bits per heavy atom. The van der Waals surface area contributed by atoms with Crippen LogP contribution in [0.4, 0.5) is 0 Å². The number of fused-ring (bicyclic) bond motifs is 8. The van der Waals surface area contributed by atoms with E-state index >= 15 is 0 Å². The Labute approximate surface area is 141 Å². The summed E-state index contributed by atoms with van der Waals surface area (Å²) in [6.45, 7) is 0. The molecule has 0 aliphatic carbocycles. The molecular weight excluding hydrogens is 296 g/mol. The molecule has 0 fully saturated rings. The van der Waals surface area contributed by atoms with Crippen LogP contribution in [-0.4, -0.2) is 19.9 Å². The van der Waals surface area contributed by atoms with Gasteiger partial charge in [-0.2, -0.15) is 0 Å². The highest BCUT2D eigenvalue weighted by Crippen LogP contribution is 2.16. The summed E-state index contributed by atoms with van der Waals surface area (Å²) in [5, 5.41) is 0. The molecule has 0 saturated heterocycles. The van der Waals surface area contributed by atoms with Crippen molar-refractivity contribution < 1.29 is 2.85 Å². The van der Waals surface area contributed by atoms with Gasteiger partial charge in [-0.25, -0.2) is 9.97 Å². The molecule has 3 aromatic heterocycles. The Morgan fingerprint density at radius 1 is 0.500 bits per heavy atom. The van der Waals surface area contributed by atoms with E-state index in [0.717, 1.165) is 44.8 Å². The lowest BCUT2D eigenvalue weighted by Crippen LogP contribution is -1.75. The Morgan fingerprint density at radius 2 is 0.792 bits per heavy atom. The molecular formula is C20H16N4+2. The van der Waals surface area contributed by atoms with Crippen LogP contribution in [0.2, 0.25) is 0 Å². The minimum atomic E-state index is 0. The molecule has 0 atom stereocenters. The zero-order chi connectivity index (χ0) is 15.9. The predicted molar refractivity (Wildman–Crippen MR) is 101 cm³/mol. The van der Waals surface area contributed by atoms with Crippen molar-refractivity contribution >= 4 is 46.4 Å². The van der Waals surface area contributed by atoms with Crippen molar-refractivity contribution in [1.29, 1.82) is 0 Å². The first-order chi connectivity index (χ1) is 11.8. The first-order valence-corrected chi connectivity index (χ1v) is 7.85. The number of aromatic nitrogens is 4. The molecule has 4 nitrogen and oxygen atoms in total. The number of nitrogens with zero attached hydrogens (tertiary/aromatic N) is 2. The van der Waals surface area contributed by atoms with Crippen molar-refractivity contribution in [2.45, 2.75) is 0 Å². The molecule has 24 heavy (non-hydrogen) atoms. The summed E-state index contributed by atoms with van der Waals surface area (Å²) in [6, 6.07) is 16.4. The SMILES string of the molecule is C1=Cc2cc3ccc(cc4nc(cc5ccc(cc1n2)[nH]5)C=C4)[nH]3.[H+].[H+]. The molecule has 0 spiro atoms. The first-order valence-electron chi connectivity index (χ1n) is 7.85. The van der Waals surface area contributed by atoms with Gasteiger partial charge in [-0.1, -0.05) is 0 Å². The van der Waals surface area contributed by atoms with Gasteiger partial charge >= 0.3 is 2.85 Å². The van der Waals surface area contributed by atoms with E-state index in [0.29, 0.717) is 0 Å². The fourth-order valence-corrected chi connectivity index (χ4v) is 2.94. The number of nitrogens with one attached hydrogen (secondary N) is 2. The fourth-order valence-electron chi connectivity index (χ4n) is 2.94. The van der Waals surface area contributed by atoms with Gasteiger partial charge in [0, 0.05) is 22.1 Å². The zero-order valence-electron chi connectivity index (χ0n) is 14.8. The highest BCUT2D eigenvalue weighted by Gasteiger charge is 2.00.